The minimum absolute atomic E-state index is 0.347. The van der Waals surface area contributed by atoms with E-state index in [0.29, 0.717) is 18.1 Å². The number of anilines is 2. The minimum Gasteiger partial charge on any atom is -0.489 e. The molecule has 0 aliphatic carbocycles. The lowest BCUT2D eigenvalue weighted by molar-refractivity contribution is 0.306. The third-order valence-electron chi connectivity index (χ3n) is 6.75. The predicted octanol–water partition coefficient (Wildman–Crippen LogP) is 3.53. The zero-order valence-electron chi connectivity index (χ0n) is 20.7. The number of fused-ring (bicyclic) bond motifs is 2. The molecule has 6 heterocycles. The van der Waals surface area contributed by atoms with E-state index in [1.54, 1.807) is 17.1 Å². The Balaban J connectivity index is 1.18. The van der Waals surface area contributed by atoms with Gasteiger partial charge in [0.25, 0.3) is 0 Å². The molecule has 7 rings (SSSR count). The normalized spacial score (nSPS) is 13.2. The number of benzene rings is 1. The highest BCUT2D eigenvalue weighted by atomic mass is 16.5. The van der Waals surface area contributed by atoms with Crippen LogP contribution in [0.5, 0.6) is 5.75 Å². The van der Waals surface area contributed by atoms with Crippen molar-refractivity contribution in [2.75, 3.05) is 23.7 Å². The van der Waals surface area contributed by atoms with E-state index in [2.05, 4.69) is 29.9 Å². The summed E-state index contributed by atoms with van der Waals surface area (Å²) in [7, 11) is 1.88. The van der Waals surface area contributed by atoms with Gasteiger partial charge in [0.15, 0.2) is 5.65 Å². The number of hydrogen-bond acceptors (Lipinski definition) is 9. The maximum atomic E-state index is 6.26. The van der Waals surface area contributed by atoms with Gasteiger partial charge in [-0.25, -0.2) is 19.9 Å². The Morgan fingerprint density at radius 2 is 1.95 bits per heavy atom. The quantitative estimate of drug-likeness (QED) is 0.362. The molecule has 38 heavy (non-hydrogen) atoms. The van der Waals surface area contributed by atoms with Gasteiger partial charge < -0.3 is 15.4 Å². The van der Waals surface area contributed by atoms with Gasteiger partial charge >= 0.3 is 0 Å². The molecule has 0 atom stereocenters. The monoisotopic (exact) mass is 504 g/mol. The minimum atomic E-state index is 0.347. The topological polar surface area (TPSA) is 126 Å². The van der Waals surface area contributed by atoms with E-state index < -0.39 is 0 Å². The van der Waals surface area contributed by atoms with E-state index in [-0.39, 0.29) is 0 Å². The Morgan fingerprint density at radius 3 is 2.76 bits per heavy atom. The molecule has 188 valence electrons. The van der Waals surface area contributed by atoms with Crippen LogP contribution in [0.25, 0.3) is 38.9 Å². The molecule has 1 saturated heterocycles. The highest BCUT2D eigenvalue weighted by Gasteiger charge is 2.19. The number of aromatic nitrogens is 8. The number of nitrogens with zero attached hydrogens (tertiary/aromatic N) is 9. The molecule has 0 amide bonds. The summed E-state index contributed by atoms with van der Waals surface area (Å²) in [5.74, 6) is 1.91. The number of ether oxygens (including phenoxy) is 1. The summed E-state index contributed by atoms with van der Waals surface area (Å²) in [5.41, 5.74) is 11.2. The van der Waals surface area contributed by atoms with Crippen molar-refractivity contribution in [2.24, 2.45) is 7.05 Å². The first-order valence-electron chi connectivity index (χ1n) is 12.3. The van der Waals surface area contributed by atoms with Crippen molar-refractivity contribution in [1.82, 2.24) is 39.3 Å². The molecule has 0 unspecified atom stereocenters. The molecule has 0 saturated carbocycles. The largest absolute Gasteiger partial charge is 0.489 e. The van der Waals surface area contributed by atoms with Crippen molar-refractivity contribution in [3.05, 3.63) is 73.2 Å². The fourth-order valence-corrected chi connectivity index (χ4v) is 4.64. The first kappa shape index (κ1) is 22.2. The SMILES string of the molecule is Cn1ccc(-c2cn(-c3cncc(COc4ccc5cnc(N6CCC6)nc5c4)c3)c3ncnc(N)c23)n1. The number of nitrogens with two attached hydrogens (primary N) is 1. The van der Waals surface area contributed by atoms with Crippen LogP contribution in [0.2, 0.25) is 0 Å². The molecule has 5 aromatic heterocycles. The van der Waals surface area contributed by atoms with Gasteiger partial charge in [-0.15, -0.1) is 0 Å². The lowest BCUT2D eigenvalue weighted by Crippen LogP contribution is -2.38. The molecular weight excluding hydrogens is 480 g/mol. The fraction of sp³-hybridized carbons (Fsp3) is 0.185. The van der Waals surface area contributed by atoms with E-state index in [1.807, 2.05) is 60.5 Å². The van der Waals surface area contributed by atoms with Crippen LogP contribution in [-0.4, -0.2) is 52.4 Å². The predicted molar refractivity (Wildman–Crippen MR) is 144 cm³/mol. The maximum Gasteiger partial charge on any atom is 0.225 e. The molecule has 1 aromatic carbocycles. The highest BCUT2D eigenvalue weighted by molar-refractivity contribution is 6.00. The molecule has 1 fully saturated rings. The maximum absolute atomic E-state index is 6.26. The second kappa shape index (κ2) is 8.80. The molecule has 1 aliphatic rings. The Bertz CT molecular complexity index is 1800. The third-order valence-corrected chi connectivity index (χ3v) is 6.75. The second-order valence-electron chi connectivity index (χ2n) is 9.32. The van der Waals surface area contributed by atoms with Gasteiger partial charge in [-0.05, 0) is 30.7 Å². The molecule has 0 spiro atoms. The summed E-state index contributed by atoms with van der Waals surface area (Å²) in [6, 6.07) is 9.84. The van der Waals surface area contributed by atoms with Crippen molar-refractivity contribution < 1.29 is 4.74 Å². The van der Waals surface area contributed by atoms with Crippen LogP contribution < -0.4 is 15.4 Å². The van der Waals surface area contributed by atoms with Crippen molar-refractivity contribution in [2.45, 2.75) is 13.0 Å². The second-order valence-corrected chi connectivity index (χ2v) is 9.32. The zero-order chi connectivity index (χ0) is 25.6. The lowest BCUT2D eigenvalue weighted by atomic mass is 10.2. The molecule has 1 aliphatic heterocycles. The van der Waals surface area contributed by atoms with Gasteiger partial charge in [0.05, 0.1) is 28.5 Å². The number of rotatable bonds is 6. The summed E-state index contributed by atoms with van der Waals surface area (Å²) in [5, 5.41) is 6.28. The number of pyridine rings is 1. The van der Waals surface area contributed by atoms with Crippen LogP contribution in [-0.2, 0) is 13.7 Å². The van der Waals surface area contributed by atoms with Gasteiger partial charge in [-0.1, -0.05) is 0 Å². The van der Waals surface area contributed by atoms with E-state index in [0.717, 1.165) is 63.6 Å². The summed E-state index contributed by atoms with van der Waals surface area (Å²) in [6.07, 6.45) is 12.0. The summed E-state index contributed by atoms with van der Waals surface area (Å²) in [4.78, 5) is 24.6. The number of nitrogen functional groups attached to an aromatic ring is 1. The lowest BCUT2D eigenvalue weighted by Gasteiger charge is -2.30. The number of hydrogen-bond donors (Lipinski definition) is 1. The van der Waals surface area contributed by atoms with Crippen LogP contribution in [0.15, 0.2) is 67.6 Å². The molecule has 2 N–H and O–H groups in total. The smallest absolute Gasteiger partial charge is 0.225 e. The van der Waals surface area contributed by atoms with Crippen LogP contribution in [0, 0.1) is 0 Å². The molecule has 6 aromatic rings. The standard InChI is InChI=1S/C27H24N10O/c1-35-8-5-22(34-35)21-14-37(26-24(21)25(28)31-16-32-26)19-9-17(11-29-13-19)15-38-20-4-3-18-12-30-27(33-23(18)10-20)36-6-2-7-36/h3-5,8-14,16H,2,6-7,15H2,1H3,(H2,28,31,32). The molecule has 11 heteroatoms. The van der Waals surface area contributed by atoms with Crippen LogP contribution in [0.3, 0.4) is 0 Å². The van der Waals surface area contributed by atoms with Crippen LogP contribution >= 0.6 is 0 Å². The Hall–Kier alpha value is -5.06. The van der Waals surface area contributed by atoms with Crippen LogP contribution in [0.4, 0.5) is 11.8 Å². The Morgan fingerprint density at radius 1 is 1.03 bits per heavy atom. The van der Waals surface area contributed by atoms with Gasteiger partial charge in [0.1, 0.15) is 24.5 Å². The highest BCUT2D eigenvalue weighted by Crippen LogP contribution is 2.33. The van der Waals surface area contributed by atoms with E-state index >= 15 is 0 Å². The van der Waals surface area contributed by atoms with Crippen molar-refractivity contribution in [3.63, 3.8) is 0 Å². The van der Waals surface area contributed by atoms with Gasteiger partial charge in [-0.2, -0.15) is 5.10 Å². The van der Waals surface area contributed by atoms with Crippen LogP contribution in [0.1, 0.15) is 12.0 Å². The first-order valence-corrected chi connectivity index (χ1v) is 12.3. The summed E-state index contributed by atoms with van der Waals surface area (Å²) >= 11 is 0. The average Bonchev–Trinajstić information content (AvgIpc) is 3.51. The van der Waals surface area contributed by atoms with E-state index in [1.165, 1.54) is 12.7 Å². The molecule has 0 bridgehead atoms. The third kappa shape index (κ3) is 3.84. The number of aryl methyl sites for hydroxylation is 1. The Kier molecular flexibility index (Phi) is 5.13. The first-order chi connectivity index (χ1) is 18.6. The average molecular weight is 505 g/mol. The van der Waals surface area contributed by atoms with Gasteiger partial charge in [0.2, 0.25) is 5.95 Å². The van der Waals surface area contributed by atoms with Crippen molar-refractivity contribution in [3.8, 4) is 22.7 Å². The Labute approximate surface area is 217 Å². The molecular formula is C27H24N10O. The van der Waals surface area contributed by atoms with E-state index in [4.69, 9.17) is 15.5 Å². The van der Waals surface area contributed by atoms with Crippen molar-refractivity contribution >= 4 is 33.7 Å². The van der Waals surface area contributed by atoms with Gasteiger partial charge in [0, 0.05) is 67.5 Å². The molecule has 0 radical (unpaired) electrons. The summed E-state index contributed by atoms with van der Waals surface area (Å²) < 4.78 is 9.84. The van der Waals surface area contributed by atoms with Gasteiger partial charge in [-0.3, -0.25) is 14.2 Å². The zero-order valence-corrected chi connectivity index (χ0v) is 20.7. The van der Waals surface area contributed by atoms with Crippen molar-refractivity contribution in [1.29, 1.82) is 0 Å². The molecule has 11 nitrogen and oxygen atoms in total. The fourth-order valence-electron chi connectivity index (χ4n) is 4.64. The summed E-state index contributed by atoms with van der Waals surface area (Å²) in [6.45, 7) is 2.35. The van der Waals surface area contributed by atoms with E-state index in [9.17, 15) is 0 Å².